The fourth-order valence-electron chi connectivity index (χ4n) is 5.17. The average molecular weight is 431 g/mol. The molecule has 0 unspecified atom stereocenters. The largest absolute Gasteiger partial charge is 0.504 e. The lowest BCUT2D eigenvalue weighted by Gasteiger charge is -2.44. The number of phenolic OH excluding ortho intramolecular Hbond substituents is 1. The van der Waals surface area contributed by atoms with Gasteiger partial charge in [0, 0.05) is 29.3 Å². The highest BCUT2D eigenvalue weighted by Gasteiger charge is 2.50. The molecule has 3 N–H and O–H groups in total. The molecule has 2 aromatic carbocycles. The summed E-state index contributed by atoms with van der Waals surface area (Å²) in [4.78, 5) is 14.7. The molecule has 6 nitrogen and oxygen atoms in total. The van der Waals surface area contributed by atoms with Gasteiger partial charge < -0.3 is 25.4 Å². The first-order valence-corrected chi connectivity index (χ1v) is 10.4. The van der Waals surface area contributed by atoms with Crippen molar-refractivity contribution in [2.45, 2.75) is 43.2 Å². The Bertz CT molecular complexity index is 987. The number of urea groups is 1. The van der Waals surface area contributed by atoms with E-state index < -0.39 is 17.7 Å². The molecule has 0 radical (unpaired) electrons. The average Bonchev–Trinajstić information content (AvgIpc) is 3.08. The Morgan fingerprint density at radius 1 is 1.19 bits per heavy atom. The number of rotatable bonds is 4. The second-order valence-electron chi connectivity index (χ2n) is 8.49. The summed E-state index contributed by atoms with van der Waals surface area (Å²) in [7, 11) is 3.61. The highest BCUT2D eigenvalue weighted by atomic mass is 19.2. The van der Waals surface area contributed by atoms with Gasteiger partial charge in [0.15, 0.2) is 23.1 Å². The fourth-order valence-corrected chi connectivity index (χ4v) is 5.17. The number of phenols is 1. The number of benzene rings is 2. The Kier molecular flexibility index (Phi) is 5.75. The summed E-state index contributed by atoms with van der Waals surface area (Å²) in [5.41, 5.74) is 1.20. The second kappa shape index (κ2) is 8.34. The molecule has 1 saturated heterocycles. The predicted molar refractivity (Wildman–Crippen MR) is 114 cm³/mol. The van der Waals surface area contributed by atoms with Gasteiger partial charge in [-0.25, -0.2) is 13.6 Å². The minimum absolute atomic E-state index is 0.0455. The predicted octanol–water partition coefficient (Wildman–Crippen LogP) is 4.00. The van der Waals surface area contributed by atoms with Gasteiger partial charge in [-0.15, -0.1) is 0 Å². The number of nitrogens with one attached hydrogen (secondary N) is 2. The maximum atomic E-state index is 13.4. The number of aromatic hydroxyl groups is 1. The molecular weight excluding hydrogens is 404 g/mol. The zero-order chi connectivity index (χ0) is 22.2. The van der Waals surface area contributed by atoms with Crippen LogP contribution in [0, 0.1) is 11.6 Å². The van der Waals surface area contributed by atoms with Crippen LogP contribution >= 0.6 is 0 Å². The lowest BCUT2D eigenvalue weighted by atomic mass is 9.65. The maximum Gasteiger partial charge on any atom is 0.319 e. The molecule has 3 atom stereocenters. The first kappa shape index (κ1) is 21.4. The molecule has 1 saturated carbocycles. The summed E-state index contributed by atoms with van der Waals surface area (Å²) in [5, 5.41) is 15.8. The van der Waals surface area contributed by atoms with Gasteiger partial charge in [0.1, 0.15) is 0 Å². The van der Waals surface area contributed by atoms with E-state index in [-0.39, 0.29) is 28.9 Å². The van der Waals surface area contributed by atoms with Crippen LogP contribution in [-0.2, 0) is 5.41 Å². The number of amides is 2. The molecule has 4 rings (SSSR count). The van der Waals surface area contributed by atoms with Crippen LogP contribution < -0.4 is 15.4 Å². The van der Waals surface area contributed by atoms with E-state index in [1.54, 1.807) is 12.1 Å². The van der Waals surface area contributed by atoms with Gasteiger partial charge in [0.25, 0.3) is 0 Å². The number of anilines is 1. The number of methoxy groups -OCH3 is 1. The molecule has 166 valence electrons. The zero-order valence-electron chi connectivity index (χ0n) is 17.6. The summed E-state index contributed by atoms with van der Waals surface area (Å²) in [6.07, 6.45) is 3.38. The fraction of sp³-hybridized carbons (Fsp3) is 0.435. The molecule has 1 heterocycles. The van der Waals surface area contributed by atoms with Crippen LogP contribution in [0.5, 0.6) is 11.5 Å². The third-order valence-electron chi connectivity index (χ3n) is 6.79. The van der Waals surface area contributed by atoms with Gasteiger partial charge in [-0.3, -0.25) is 0 Å². The molecule has 2 aromatic rings. The summed E-state index contributed by atoms with van der Waals surface area (Å²) in [6, 6.07) is 8.62. The van der Waals surface area contributed by atoms with Crippen LogP contribution in [-0.4, -0.2) is 48.8 Å². The van der Waals surface area contributed by atoms with Crippen LogP contribution in [0.3, 0.4) is 0 Å². The van der Waals surface area contributed by atoms with Gasteiger partial charge in [-0.1, -0.05) is 6.07 Å². The van der Waals surface area contributed by atoms with Crippen molar-refractivity contribution in [1.82, 2.24) is 10.2 Å². The molecule has 0 aromatic heterocycles. The number of fused-ring (bicyclic) bond motifs is 1. The molecule has 31 heavy (non-hydrogen) atoms. The Balaban J connectivity index is 1.46. The molecule has 8 heteroatoms. The second-order valence-corrected chi connectivity index (χ2v) is 8.49. The summed E-state index contributed by atoms with van der Waals surface area (Å²) < 4.78 is 31.6. The smallest absolute Gasteiger partial charge is 0.319 e. The van der Waals surface area contributed by atoms with Crippen LogP contribution in [0.25, 0.3) is 0 Å². The zero-order valence-corrected chi connectivity index (χ0v) is 17.6. The number of carbonyl (C=O) groups is 1. The molecule has 2 fully saturated rings. The maximum absolute atomic E-state index is 13.4. The van der Waals surface area contributed by atoms with Crippen molar-refractivity contribution >= 4 is 11.7 Å². The third kappa shape index (κ3) is 4.04. The third-order valence-corrected chi connectivity index (χ3v) is 6.79. The number of hydrogen-bond donors (Lipinski definition) is 3. The van der Waals surface area contributed by atoms with Crippen LogP contribution in [0.1, 0.15) is 31.2 Å². The first-order chi connectivity index (χ1) is 14.8. The normalized spacial score (nSPS) is 25.7. The SMILES string of the molecule is COc1ccc([C@@]23CC[C@H](NC(=O)Nc4ccc(F)c(F)c4)C[C@H]2N(C)CC3)cc1O. The van der Waals surface area contributed by atoms with E-state index in [0.29, 0.717) is 5.75 Å². The van der Waals surface area contributed by atoms with Gasteiger partial charge in [0.2, 0.25) is 0 Å². The number of halogens is 2. The minimum atomic E-state index is -1.00. The quantitative estimate of drug-likeness (QED) is 0.684. The van der Waals surface area contributed by atoms with Crippen molar-refractivity contribution < 1.29 is 23.4 Å². The Labute approximate surface area is 180 Å². The first-order valence-electron chi connectivity index (χ1n) is 10.4. The highest BCUT2D eigenvalue weighted by Crippen LogP contribution is 2.49. The number of hydrogen-bond acceptors (Lipinski definition) is 4. The molecule has 0 spiro atoms. The number of likely N-dealkylation sites (N-methyl/N-ethyl adjacent to an activating group) is 1. The summed E-state index contributed by atoms with van der Waals surface area (Å²) in [5.74, 6) is -1.37. The van der Waals surface area contributed by atoms with E-state index in [9.17, 15) is 18.7 Å². The highest BCUT2D eigenvalue weighted by molar-refractivity contribution is 5.89. The summed E-state index contributed by atoms with van der Waals surface area (Å²) >= 11 is 0. The minimum Gasteiger partial charge on any atom is -0.504 e. The Hall–Kier alpha value is -2.87. The van der Waals surface area contributed by atoms with E-state index >= 15 is 0 Å². The Morgan fingerprint density at radius 3 is 2.71 bits per heavy atom. The van der Waals surface area contributed by atoms with Crippen LogP contribution in [0.4, 0.5) is 19.3 Å². The van der Waals surface area contributed by atoms with Crippen molar-refractivity contribution in [1.29, 1.82) is 0 Å². The number of likely N-dealkylation sites (tertiary alicyclic amines) is 1. The van der Waals surface area contributed by atoms with Crippen molar-refractivity contribution in [3.63, 3.8) is 0 Å². The van der Waals surface area contributed by atoms with Gasteiger partial charge in [-0.05, 0) is 69.1 Å². The van der Waals surface area contributed by atoms with Gasteiger partial charge in [0.05, 0.1) is 7.11 Å². The Morgan fingerprint density at radius 2 is 2.00 bits per heavy atom. The number of ether oxygens (including phenoxy) is 1. The summed E-state index contributed by atoms with van der Waals surface area (Å²) in [6.45, 7) is 0.936. The molecule has 2 aliphatic rings. The van der Waals surface area contributed by atoms with Crippen molar-refractivity contribution in [2.24, 2.45) is 0 Å². The molecule has 1 aliphatic heterocycles. The molecular formula is C23H27F2N3O3. The molecule has 1 aliphatic carbocycles. The molecule has 2 amide bonds. The van der Waals surface area contributed by atoms with Crippen LogP contribution in [0.2, 0.25) is 0 Å². The topological polar surface area (TPSA) is 73.8 Å². The van der Waals surface area contributed by atoms with E-state index in [1.165, 1.54) is 13.2 Å². The van der Waals surface area contributed by atoms with E-state index in [2.05, 4.69) is 22.6 Å². The van der Waals surface area contributed by atoms with Crippen molar-refractivity contribution in [3.8, 4) is 11.5 Å². The lowest BCUT2D eigenvalue weighted by molar-refractivity contribution is 0.156. The van der Waals surface area contributed by atoms with Gasteiger partial charge in [-0.2, -0.15) is 0 Å². The lowest BCUT2D eigenvalue weighted by Crippen LogP contribution is -2.52. The van der Waals surface area contributed by atoms with Crippen molar-refractivity contribution in [3.05, 3.63) is 53.6 Å². The van der Waals surface area contributed by atoms with Crippen molar-refractivity contribution in [2.75, 3.05) is 26.0 Å². The van der Waals surface area contributed by atoms with E-state index in [1.807, 2.05) is 6.07 Å². The monoisotopic (exact) mass is 431 g/mol. The van der Waals surface area contributed by atoms with Crippen LogP contribution in [0.15, 0.2) is 36.4 Å². The van der Waals surface area contributed by atoms with Gasteiger partial charge >= 0.3 is 6.03 Å². The standard InChI is InChI=1S/C23H27F2N3O3/c1-28-10-9-23(14-3-6-20(31-2)19(29)11-14)8-7-16(13-21(23)28)27-22(30)26-15-4-5-17(24)18(25)12-15/h3-6,11-12,16,21,29H,7-10,13H2,1-2H3,(H2,26,27,30)/t16-,21+,23-/m0/s1. The number of carbonyl (C=O) groups excluding carboxylic acids is 1. The van der Waals surface area contributed by atoms with E-state index in [0.717, 1.165) is 49.9 Å². The molecule has 0 bridgehead atoms. The van der Waals surface area contributed by atoms with E-state index in [4.69, 9.17) is 4.74 Å². The number of nitrogens with zero attached hydrogens (tertiary/aromatic N) is 1.